The third-order valence-electron chi connectivity index (χ3n) is 2.60. The zero-order valence-electron chi connectivity index (χ0n) is 10.5. The van der Waals surface area contributed by atoms with Gasteiger partial charge in [-0.1, -0.05) is 6.92 Å². The normalized spacial score (nSPS) is 11.5. The predicted molar refractivity (Wildman–Crippen MR) is 75.1 cm³/mol. The molecule has 0 radical (unpaired) electrons. The van der Waals surface area contributed by atoms with E-state index in [4.69, 9.17) is 5.11 Å². The Morgan fingerprint density at radius 1 is 1.32 bits per heavy atom. The number of anilines is 1. The molecule has 0 bridgehead atoms. The van der Waals surface area contributed by atoms with Crippen molar-refractivity contribution in [3.05, 3.63) is 34.8 Å². The summed E-state index contributed by atoms with van der Waals surface area (Å²) < 4.78 is 26.6. The van der Waals surface area contributed by atoms with Gasteiger partial charge in [-0.25, -0.2) is 13.4 Å². The third-order valence-corrected chi connectivity index (χ3v) is 5.01. The zero-order valence-corrected chi connectivity index (χ0v) is 12.2. The van der Waals surface area contributed by atoms with E-state index in [0.717, 1.165) is 17.0 Å². The summed E-state index contributed by atoms with van der Waals surface area (Å²) in [7, 11) is -3.65. The maximum Gasteiger partial charge on any atom is 0.263 e. The molecule has 2 rings (SSSR count). The molecule has 0 saturated carbocycles. The second-order valence-electron chi connectivity index (χ2n) is 3.97. The standard InChI is InChI=1S/C12H14N2O3S2/c1-3-11-8(2)18-12(13-11)14-19(16,17)10-6-4-9(15)5-7-10/h4-7,15H,3H2,1-2H3,(H,13,14). The van der Waals surface area contributed by atoms with Crippen LogP contribution in [0.3, 0.4) is 0 Å². The molecule has 0 aliphatic heterocycles. The monoisotopic (exact) mass is 298 g/mol. The van der Waals surface area contributed by atoms with Gasteiger partial charge in [-0.05, 0) is 37.6 Å². The molecule has 2 N–H and O–H groups in total. The third kappa shape index (κ3) is 3.05. The van der Waals surface area contributed by atoms with Crippen molar-refractivity contribution in [2.45, 2.75) is 25.2 Å². The molecule has 0 amide bonds. The molecule has 0 saturated heterocycles. The molecule has 0 atom stereocenters. The Balaban J connectivity index is 2.28. The number of nitrogens with zero attached hydrogens (tertiary/aromatic N) is 1. The van der Waals surface area contributed by atoms with Crippen LogP contribution in [0, 0.1) is 6.92 Å². The molecule has 0 spiro atoms. The van der Waals surface area contributed by atoms with E-state index < -0.39 is 10.0 Å². The molecule has 7 heteroatoms. The average Bonchev–Trinajstić information content (AvgIpc) is 2.69. The van der Waals surface area contributed by atoms with Crippen molar-refractivity contribution in [2.75, 3.05) is 4.72 Å². The van der Waals surface area contributed by atoms with Crippen molar-refractivity contribution in [3.63, 3.8) is 0 Å². The highest BCUT2D eigenvalue weighted by Gasteiger charge is 2.17. The lowest BCUT2D eigenvalue weighted by Crippen LogP contribution is -2.12. The van der Waals surface area contributed by atoms with Crippen LogP contribution >= 0.6 is 11.3 Å². The first kappa shape index (κ1) is 13.8. The number of phenols is 1. The highest BCUT2D eigenvalue weighted by Crippen LogP contribution is 2.25. The van der Waals surface area contributed by atoms with Gasteiger partial charge in [0.05, 0.1) is 10.6 Å². The van der Waals surface area contributed by atoms with Gasteiger partial charge in [0.25, 0.3) is 10.0 Å². The van der Waals surface area contributed by atoms with Gasteiger partial charge in [-0.15, -0.1) is 11.3 Å². The highest BCUT2D eigenvalue weighted by molar-refractivity contribution is 7.93. The zero-order chi connectivity index (χ0) is 14.0. The number of aryl methyl sites for hydroxylation is 2. The van der Waals surface area contributed by atoms with Crippen LogP contribution in [0.25, 0.3) is 0 Å². The van der Waals surface area contributed by atoms with Gasteiger partial charge in [-0.2, -0.15) is 0 Å². The van der Waals surface area contributed by atoms with Gasteiger partial charge in [0.2, 0.25) is 0 Å². The van der Waals surface area contributed by atoms with Gasteiger partial charge < -0.3 is 5.11 Å². The molecule has 0 fully saturated rings. The molecule has 1 aromatic heterocycles. The molecule has 0 aliphatic carbocycles. The molecule has 0 unspecified atom stereocenters. The van der Waals surface area contributed by atoms with E-state index in [-0.39, 0.29) is 10.6 Å². The highest BCUT2D eigenvalue weighted by atomic mass is 32.2. The molecule has 102 valence electrons. The number of aromatic hydroxyl groups is 1. The number of benzene rings is 1. The van der Waals surface area contributed by atoms with E-state index in [0.29, 0.717) is 5.13 Å². The number of sulfonamides is 1. The summed E-state index contributed by atoms with van der Waals surface area (Å²) in [6.07, 6.45) is 0.767. The van der Waals surface area contributed by atoms with Crippen LogP contribution in [0.1, 0.15) is 17.5 Å². The lowest BCUT2D eigenvalue weighted by Gasteiger charge is -2.04. The molecular formula is C12H14N2O3S2. The van der Waals surface area contributed by atoms with E-state index >= 15 is 0 Å². The van der Waals surface area contributed by atoms with Crippen LogP contribution in [0.5, 0.6) is 5.75 Å². The Bertz CT molecular complexity index is 676. The number of hydrogen-bond acceptors (Lipinski definition) is 5. The van der Waals surface area contributed by atoms with Crippen LogP contribution in [-0.4, -0.2) is 18.5 Å². The SMILES string of the molecule is CCc1nc(NS(=O)(=O)c2ccc(O)cc2)sc1C. The summed E-state index contributed by atoms with van der Waals surface area (Å²) in [4.78, 5) is 5.33. The Morgan fingerprint density at radius 3 is 2.47 bits per heavy atom. The Hall–Kier alpha value is -1.60. The fourth-order valence-corrected chi connectivity index (χ4v) is 3.74. The number of aromatic nitrogens is 1. The first-order chi connectivity index (χ1) is 8.92. The number of thiazole rings is 1. The van der Waals surface area contributed by atoms with Crippen LogP contribution < -0.4 is 4.72 Å². The largest absolute Gasteiger partial charge is 0.508 e. The second-order valence-corrected chi connectivity index (χ2v) is 6.86. The molecule has 0 aliphatic rings. The van der Waals surface area contributed by atoms with Crippen LogP contribution in [0.4, 0.5) is 5.13 Å². The van der Waals surface area contributed by atoms with Gasteiger partial charge in [0.1, 0.15) is 5.75 Å². The van der Waals surface area contributed by atoms with Crippen molar-refractivity contribution in [3.8, 4) is 5.75 Å². The van der Waals surface area contributed by atoms with Crippen molar-refractivity contribution < 1.29 is 13.5 Å². The van der Waals surface area contributed by atoms with E-state index in [1.165, 1.54) is 35.6 Å². The topological polar surface area (TPSA) is 79.3 Å². The van der Waals surface area contributed by atoms with Gasteiger partial charge in [-0.3, -0.25) is 4.72 Å². The fraction of sp³-hybridized carbons (Fsp3) is 0.250. The maximum absolute atomic E-state index is 12.1. The van der Waals surface area contributed by atoms with Gasteiger partial charge in [0, 0.05) is 4.88 Å². The number of rotatable bonds is 4. The fourth-order valence-electron chi connectivity index (χ4n) is 1.60. The molecule has 5 nitrogen and oxygen atoms in total. The molecular weight excluding hydrogens is 284 g/mol. The Labute approximate surface area is 116 Å². The summed E-state index contributed by atoms with van der Waals surface area (Å²) in [5.74, 6) is 0.0253. The maximum atomic E-state index is 12.1. The van der Waals surface area contributed by atoms with Crippen LogP contribution in [-0.2, 0) is 16.4 Å². The predicted octanol–water partition coefficient (Wildman–Crippen LogP) is 2.52. The van der Waals surface area contributed by atoms with Crippen molar-refractivity contribution >= 4 is 26.5 Å². The van der Waals surface area contributed by atoms with E-state index in [2.05, 4.69) is 9.71 Å². The van der Waals surface area contributed by atoms with Gasteiger partial charge >= 0.3 is 0 Å². The smallest absolute Gasteiger partial charge is 0.263 e. The molecule has 1 aromatic carbocycles. The van der Waals surface area contributed by atoms with Crippen molar-refractivity contribution in [2.24, 2.45) is 0 Å². The Kier molecular flexibility index (Phi) is 3.77. The van der Waals surface area contributed by atoms with Crippen LogP contribution in [0.15, 0.2) is 29.2 Å². The summed E-state index contributed by atoms with van der Waals surface area (Å²) >= 11 is 1.31. The number of hydrogen-bond donors (Lipinski definition) is 2. The summed E-state index contributed by atoms with van der Waals surface area (Å²) in [5, 5.41) is 9.52. The van der Waals surface area contributed by atoms with E-state index in [1.807, 2.05) is 13.8 Å². The lowest BCUT2D eigenvalue weighted by atomic mass is 10.3. The summed E-state index contributed by atoms with van der Waals surface area (Å²) in [6.45, 7) is 3.88. The average molecular weight is 298 g/mol. The number of nitrogens with one attached hydrogen (secondary N) is 1. The van der Waals surface area contributed by atoms with Gasteiger partial charge in [0.15, 0.2) is 5.13 Å². The molecule has 19 heavy (non-hydrogen) atoms. The van der Waals surface area contributed by atoms with Crippen LogP contribution in [0.2, 0.25) is 0 Å². The molecule has 2 aromatic rings. The quantitative estimate of drug-likeness (QED) is 0.909. The summed E-state index contributed by atoms with van der Waals surface area (Å²) in [6, 6.07) is 5.36. The van der Waals surface area contributed by atoms with Crippen molar-refractivity contribution in [1.29, 1.82) is 0 Å². The number of phenolic OH excluding ortho intramolecular Hbond substituents is 1. The first-order valence-electron chi connectivity index (χ1n) is 5.70. The van der Waals surface area contributed by atoms with Crippen molar-refractivity contribution in [1.82, 2.24) is 4.98 Å². The van der Waals surface area contributed by atoms with E-state index in [1.54, 1.807) is 0 Å². The minimum absolute atomic E-state index is 0.0253. The minimum atomic E-state index is -3.65. The minimum Gasteiger partial charge on any atom is -0.508 e. The second kappa shape index (κ2) is 5.18. The summed E-state index contributed by atoms with van der Waals surface area (Å²) in [5.41, 5.74) is 0.897. The Morgan fingerprint density at radius 2 is 1.95 bits per heavy atom. The first-order valence-corrected chi connectivity index (χ1v) is 8.00. The van der Waals surface area contributed by atoms with E-state index in [9.17, 15) is 8.42 Å². The molecule has 1 heterocycles. The lowest BCUT2D eigenvalue weighted by molar-refractivity contribution is 0.475.